The van der Waals surface area contributed by atoms with Crippen molar-refractivity contribution in [3.05, 3.63) is 33.8 Å². The minimum Gasteiger partial charge on any atom is -0.372 e. The number of benzene rings is 1. The van der Waals surface area contributed by atoms with E-state index in [-0.39, 0.29) is 6.10 Å². The van der Waals surface area contributed by atoms with Gasteiger partial charge in [0.15, 0.2) is 0 Å². The fourth-order valence-corrected chi connectivity index (χ4v) is 2.31. The molecule has 2 rings (SSSR count). The lowest BCUT2D eigenvalue weighted by Gasteiger charge is -2.25. The van der Waals surface area contributed by atoms with Crippen molar-refractivity contribution < 1.29 is 4.74 Å². The van der Waals surface area contributed by atoms with Crippen LogP contribution in [0.3, 0.4) is 0 Å². The Morgan fingerprint density at radius 2 is 2.38 bits per heavy atom. The first-order chi connectivity index (χ1) is 6.33. The van der Waals surface area contributed by atoms with E-state index in [0.29, 0.717) is 6.54 Å². The van der Waals surface area contributed by atoms with Crippen LogP contribution in [0.2, 0.25) is 0 Å². The number of halogens is 1. The van der Waals surface area contributed by atoms with Crippen molar-refractivity contribution in [1.82, 2.24) is 0 Å². The third-order valence-electron chi connectivity index (χ3n) is 2.39. The lowest BCUT2D eigenvalue weighted by Crippen LogP contribution is -2.23. The lowest BCUT2D eigenvalue weighted by atomic mass is 9.98. The van der Waals surface area contributed by atoms with Crippen molar-refractivity contribution in [3.8, 4) is 0 Å². The first-order valence-electron chi connectivity index (χ1n) is 4.42. The lowest BCUT2D eigenvalue weighted by molar-refractivity contribution is 0.0483. The van der Waals surface area contributed by atoms with Gasteiger partial charge in [0.1, 0.15) is 0 Å². The van der Waals surface area contributed by atoms with Gasteiger partial charge in [0.25, 0.3) is 0 Å². The summed E-state index contributed by atoms with van der Waals surface area (Å²) in [6, 6.07) is 6.19. The zero-order valence-corrected chi connectivity index (χ0v) is 8.88. The molecule has 1 heterocycles. The van der Waals surface area contributed by atoms with E-state index in [2.05, 4.69) is 28.1 Å². The third-order valence-corrected chi connectivity index (χ3v) is 3.13. The molecule has 0 spiro atoms. The maximum absolute atomic E-state index is 5.63. The molecule has 70 valence electrons. The van der Waals surface area contributed by atoms with Crippen molar-refractivity contribution in [2.45, 2.75) is 12.5 Å². The summed E-state index contributed by atoms with van der Waals surface area (Å²) in [5.41, 5.74) is 8.22. The van der Waals surface area contributed by atoms with E-state index >= 15 is 0 Å². The van der Waals surface area contributed by atoms with Gasteiger partial charge < -0.3 is 10.5 Å². The monoisotopic (exact) mass is 241 g/mol. The molecule has 0 aromatic heterocycles. The van der Waals surface area contributed by atoms with Gasteiger partial charge in [0.2, 0.25) is 0 Å². The van der Waals surface area contributed by atoms with Gasteiger partial charge in [-0.1, -0.05) is 28.1 Å². The van der Waals surface area contributed by atoms with Gasteiger partial charge in [-0.05, 0) is 23.6 Å². The average Bonchev–Trinajstić information content (AvgIpc) is 2.18. The van der Waals surface area contributed by atoms with Crippen LogP contribution in [0.15, 0.2) is 22.7 Å². The standard InChI is InChI=1S/C10H12BrNO/c11-9-3-1-2-8-7(9)4-5-13-10(8)6-12/h1-3,10H,4-6,12H2. The van der Waals surface area contributed by atoms with Gasteiger partial charge in [-0.3, -0.25) is 0 Å². The summed E-state index contributed by atoms with van der Waals surface area (Å²) in [4.78, 5) is 0. The minimum atomic E-state index is 0.0845. The molecule has 2 N–H and O–H groups in total. The molecule has 1 aliphatic heterocycles. The highest BCUT2D eigenvalue weighted by molar-refractivity contribution is 9.10. The summed E-state index contributed by atoms with van der Waals surface area (Å²) in [6.45, 7) is 1.33. The van der Waals surface area contributed by atoms with Gasteiger partial charge >= 0.3 is 0 Å². The van der Waals surface area contributed by atoms with Gasteiger partial charge in [-0.25, -0.2) is 0 Å². The zero-order chi connectivity index (χ0) is 9.26. The molecule has 1 aromatic carbocycles. The molecule has 0 aliphatic carbocycles. The molecule has 3 heteroatoms. The second kappa shape index (κ2) is 3.78. The van der Waals surface area contributed by atoms with Crippen LogP contribution in [0.4, 0.5) is 0 Å². The molecule has 0 radical (unpaired) electrons. The molecule has 0 fully saturated rings. The fraction of sp³-hybridized carbons (Fsp3) is 0.400. The van der Waals surface area contributed by atoms with Gasteiger partial charge in [0.05, 0.1) is 12.7 Å². The molecular formula is C10H12BrNO. The summed E-state index contributed by atoms with van der Waals surface area (Å²) in [5, 5.41) is 0. The van der Waals surface area contributed by atoms with Crippen molar-refractivity contribution in [2.75, 3.05) is 13.2 Å². The summed E-state index contributed by atoms with van der Waals surface area (Å²) >= 11 is 3.54. The molecule has 1 atom stereocenters. The number of hydrogen-bond acceptors (Lipinski definition) is 2. The van der Waals surface area contributed by atoms with Crippen molar-refractivity contribution >= 4 is 15.9 Å². The van der Waals surface area contributed by atoms with E-state index < -0.39 is 0 Å². The summed E-state index contributed by atoms with van der Waals surface area (Å²) in [7, 11) is 0. The van der Waals surface area contributed by atoms with Crippen molar-refractivity contribution in [3.63, 3.8) is 0 Å². The summed E-state index contributed by atoms with van der Waals surface area (Å²) in [5.74, 6) is 0. The summed E-state index contributed by atoms with van der Waals surface area (Å²) in [6.07, 6.45) is 1.06. The second-order valence-electron chi connectivity index (χ2n) is 3.15. The van der Waals surface area contributed by atoms with E-state index in [1.54, 1.807) is 0 Å². The molecule has 1 aliphatic rings. The van der Waals surface area contributed by atoms with E-state index in [9.17, 15) is 0 Å². The topological polar surface area (TPSA) is 35.2 Å². The van der Waals surface area contributed by atoms with Crippen molar-refractivity contribution in [1.29, 1.82) is 0 Å². The first kappa shape index (κ1) is 9.19. The van der Waals surface area contributed by atoms with Crippen LogP contribution in [0.1, 0.15) is 17.2 Å². The molecule has 0 amide bonds. The molecule has 1 unspecified atom stereocenters. The van der Waals surface area contributed by atoms with Crippen LogP contribution >= 0.6 is 15.9 Å². The van der Waals surface area contributed by atoms with Gasteiger partial charge in [-0.15, -0.1) is 0 Å². The minimum absolute atomic E-state index is 0.0845. The van der Waals surface area contributed by atoms with Crippen LogP contribution in [-0.4, -0.2) is 13.2 Å². The molecule has 13 heavy (non-hydrogen) atoms. The summed E-state index contributed by atoms with van der Waals surface area (Å²) < 4.78 is 6.74. The zero-order valence-electron chi connectivity index (χ0n) is 7.29. The number of fused-ring (bicyclic) bond motifs is 1. The van der Waals surface area contributed by atoms with Crippen LogP contribution < -0.4 is 5.73 Å². The fourth-order valence-electron chi connectivity index (χ4n) is 1.73. The highest BCUT2D eigenvalue weighted by Gasteiger charge is 2.20. The first-order valence-corrected chi connectivity index (χ1v) is 5.21. The average molecular weight is 242 g/mol. The molecule has 1 aromatic rings. The molecule has 0 bridgehead atoms. The number of rotatable bonds is 1. The Hall–Kier alpha value is -0.380. The highest BCUT2D eigenvalue weighted by Crippen LogP contribution is 2.31. The van der Waals surface area contributed by atoms with Gasteiger partial charge in [0, 0.05) is 11.0 Å². The van der Waals surface area contributed by atoms with E-state index in [0.717, 1.165) is 13.0 Å². The molecule has 2 nitrogen and oxygen atoms in total. The Labute approximate surface area is 86.2 Å². The highest BCUT2D eigenvalue weighted by atomic mass is 79.9. The maximum atomic E-state index is 5.63. The Kier molecular flexibility index (Phi) is 2.67. The smallest absolute Gasteiger partial charge is 0.0950 e. The number of ether oxygens (including phenoxy) is 1. The van der Waals surface area contributed by atoms with Gasteiger partial charge in [-0.2, -0.15) is 0 Å². The Balaban J connectivity index is 2.45. The largest absolute Gasteiger partial charge is 0.372 e. The Bertz CT molecular complexity index is 314. The van der Waals surface area contributed by atoms with Crippen LogP contribution in [0.25, 0.3) is 0 Å². The maximum Gasteiger partial charge on any atom is 0.0950 e. The Morgan fingerprint density at radius 1 is 1.54 bits per heavy atom. The number of nitrogens with two attached hydrogens (primary N) is 1. The van der Waals surface area contributed by atoms with Crippen LogP contribution in [-0.2, 0) is 11.2 Å². The van der Waals surface area contributed by atoms with E-state index in [1.807, 2.05) is 6.07 Å². The second-order valence-corrected chi connectivity index (χ2v) is 4.01. The number of hydrogen-bond donors (Lipinski definition) is 1. The van der Waals surface area contributed by atoms with Crippen LogP contribution in [0.5, 0.6) is 0 Å². The predicted octanol–water partition coefficient (Wildman–Crippen LogP) is 2.02. The normalized spacial score (nSPS) is 21.2. The van der Waals surface area contributed by atoms with E-state index in [4.69, 9.17) is 10.5 Å². The molecule has 0 saturated heterocycles. The van der Waals surface area contributed by atoms with E-state index in [1.165, 1.54) is 15.6 Å². The molecular weight excluding hydrogens is 230 g/mol. The van der Waals surface area contributed by atoms with Crippen molar-refractivity contribution in [2.24, 2.45) is 5.73 Å². The third kappa shape index (κ3) is 1.64. The quantitative estimate of drug-likeness (QED) is 0.817. The molecule has 0 saturated carbocycles. The Morgan fingerprint density at radius 3 is 3.15 bits per heavy atom. The predicted molar refractivity (Wildman–Crippen MR) is 55.6 cm³/mol. The SMILES string of the molecule is NCC1OCCc2c(Br)cccc21. The van der Waals surface area contributed by atoms with Crippen LogP contribution in [0, 0.1) is 0 Å².